The molecule has 0 radical (unpaired) electrons. The number of amides is 1. The molecule has 154 valence electrons. The largest absolute Gasteiger partial charge is 0.491 e. The summed E-state index contributed by atoms with van der Waals surface area (Å²) in [6, 6.07) is 19.2. The summed E-state index contributed by atoms with van der Waals surface area (Å²) in [6.45, 7) is 0.492. The maximum absolute atomic E-state index is 11.2. The average Bonchev–Trinajstić information content (AvgIpc) is 2.73. The predicted molar refractivity (Wildman–Crippen MR) is 124 cm³/mol. The highest BCUT2D eigenvalue weighted by Gasteiger charge is 2.10. The first-order valence-corrected chi connectivity index (χ1v) is 11.0. The van der Waals surface area contributed by atoms with E-state index in [0.717, 1.165) is 17.0 Å². The highest BCUT2D eigenvalue weighted by atomic mass is 35.5. The van der Waals surface area contributed by atoms with Gasteiger partial charge in [-0.15, -0.1) is 11.8 Å². The first-order valence-electron chi connectivity index (χ1n) is 9.24. The van der Waals surface area contributed by atoms with E-state index in [9.17, 15) is 4.79 Å². The number of pyridine rings is 1. The van der Waals surface area contributed by atoms with E-state index in [-0.39, 0.29) is 0 Å². The number of hydrogen-bond donors (Lipinski definition) is 1. The van der Waals surface area contributed by atoms with Crippen molar-refractivity contribution < 1.29 is 9.53 Å². The minimum atomic E-state index is -0.547. The summed E-state index contributed by atoms with van der Waals surface area (Å²) in [4.78, 5) is 16.6. The number of nitrogens with two attached hydrogens (primary N) is 1. The summed E-state index contributed by atoms with van der Waals surface area (Å²) >= 11 is 14.0. The zero-order valence-electron chi connectivity index (χ0n) is 16.1. The second-order valence-corrected chi connectivity index (χ2v) is 8.15. The van der Waals surface area contributed by atoms with Gasteiger partial charge >= 0.3 is 0 Å². The smallest absolute Gasteiger partial charge is 0.241 e. The third-order valence-corrected chi connectivity index (χ3v) is 6.15. The van der Waals surface area contributed by atoms with Crippen LogP contribution in [0.4, 0.5) is 0 Å². The Balaban J connectivity index is 1.72. The van der Waals surface area contributed by atoms with Crippen molar-refractivity contribution in [2.75, 3.05) is 6.61 Å². The van der Waals surface area contributed by atoms with Crippen LogP contribution in [-0.4, -0.2) is 17.5 Å². The molecule has 0 unspecified atom stereocenters. The fourth-order valence-corrected chi connectivity index (χ4v) is 4.27. The number of primary amides is 1. The van der Waals surface area contributed by atoms with Crippen LogP contribution in [0.1, 0.15) is 17.0 Å². The molecular formula is C23H20Cl2N2O2S. The molecule has 0 atom stereocenters. The lowest BCUT2D eigenvalue weighted by atomic mass is 10.2. The number of carbonyl (C=O) groups is 1. The first kappa shape index (κ1) is 22.2. The second kappa shape index (κ2) is 11.1. The molecule has 0 saturated carbocycles. The normalized spacial score (nSPS) is 11.0. The highest BCUT2D eigenvalue weighted by molar-refractivity contribution is 7.98. The van der Waals surface area contributed by atoms with Crippen LogP contribution < -0.4 is 10.5 Å². The minimum Gasteiger partial charge on any atom is -0.491 e. The molecule has 0 fully saturated rings. The van der Waals surface area contributed by atoms with Crippen LogP contribution >= 0.6 is 35.0 Å². The molecule has 1 heterocycles. The van der Waals surface area contributed by atoms with Crippen LogP contribution in [0.15, 0.2) is 71.6 Å². The fourth-order valence-electron chi connectivity index (χ4n) is 2.68. The van der Waals surface area contributed by atoms with E-state index in [2.05, 4.69) is 17.1 Å². The third-order valence-electron chi connectivity index (χ3n) is 4.12. The van der Waals surface area contributed by atoms with E-state index < -0.39 is 5.91 Å². The molecule has 3 aromatic rings. The number of benzene rings is 2. The van der Waals surface area contributed by atoms with E-state index in [1.54, 1.807) is 24.3 Å². The van der Waals surface area contributed by atoms with E-state index in [0.29, 0.717) is 33.8 Å². The summed E-state index contributed by atoms with van der Waals surface area (Å²) in [7, 11) is 0. The summed E-state index contributed by atoms with van der Waals surface area (Å²) in [5.41, 5.74) is 7.78. The van der Waals surface area contributed by atoms with Crippen molar-refractivity contribution in [3.8, 4) is 5.75 Å². The van der Waals surface area contributed by atoms with Crippen LogP contribution in [0.25, 0.3) is 6.08 Å². The van der Waals surface area contributed by atoms with E-state index in [1.807, 2.05) is 30.3 Å². The topological polar surface area (TPSA) is 65.2 Å². The van der Waals surface area contributed by atoms with Crippen molar-refractivity contribution in [3.05, 3.63) is 93.7 Å². The second-order valence-electron chi connectivity index (χ2n) is 6.35. The van der Waals surface area contributed by atoms with Crippen molar-refractivity contribution in [1.82, 2.24) is 4.98 Å². The zero-order chi connectivity index (χ0) is 21.3. The lowest BCUT2D eigenvalue weighted by Gasteiger charge is -2.11. The van der Waals surface area contributed by atoms with Gasteiger partial charge in [0.1, 0.15) is 11.4 Å². The number of hydrogen-bond acceptors (Lipinski definition) is 4. The van der Waals surface area contributed by atoms with Crippen LogP contribution in [0.3, 0.4) is 0 Å². The van der Waals surface area contributed by atoms with Crippen LogP contribution in [-0.2, 0) is 17.0 Å². The number of rotatable bonds is 9. The van der Waals surface area contributed by atoms with Gasteiger partial charge in [0.15, 0.2) is 0 Å². The van der Waals surface area contributed by atoms with E-state index in [1.165, 1.54) is 23.4 Å². The molecule has 0 aliphatic heterocycles. The Morgan fingerprint density at radius 2 is 1.77 bits per heavy atom. The highest BCUT2D eigenvalue weighted by Crippen LogP contribution is 2.35. The minimum absolute atomic E-state index is 0.492. The van der Waals surface area contributed by atoms with E-state index >= 15 is 0 Å². The Labute approximate surface area is 190 Å². The first-order chi connectivity index (χ1) is 14.5. The summed E-state index contributed by atoms with van der Waals surface area (Å²) in [5.74, 6) is 0.605. The molecule has 7 heteroatoms. The molecule has 3 rings (SSSR count). The molecule has 30 heavy (non-hydrogen) atoms. The van der Waals surface area contributed by atoms with Crippen molar-refractivity contribution >= 4 is 46.9 Å². The maximum atomic E-state index is 11.2. The summed E-state index contributed by atoms with van der Waals surface area (Å²) in [6.07, 6.45) is 3.60. The van der Waals surface area contributed by atoms with Crippen LogP contribution in [0.2, 0.25) is 10.0 Å². The molecule has 0 aliphatic rings. The van der Waals surface area contributed by atoms with Gasteiger partial charge in [0.2, 0.25) is 5.91 Å². The van der Waals surface area contributed by atoms with Gasteiger partial charge in [-0.1, -0.05) is 59.6 Å². The van der Waals surface area contributed by atoms with Gasteiger partial charge in [-0.3, -0.25) is 4.79 Å². The van der Waals surface area contributed by atoms with Gasteiger partial charge in [-0.2, -0.15) is 0 Å². The molecule has 0 spiro atoms. The average molecular weight is 459 g/mol. The number of halogens is 2. The zero-order valence-corrected chi connectivity index (χ0v) is 18.4. The van der Waals surface area contributed by atoms with Crippen molar-refractivity contribution in [2.45, 2.75) is 17.1 Å². The fraction of sp³-hybridized carbons (Fsp3) is 0.130. The third kappa shape index (κ3) is 6.52. The van der Waals surface area contributed by atoms with Gasteiger partial charge in [0, 0.05) is 23.1 Å². The molecule has 0 bridgehead atoms. The summed E-state index contributed by atoms with van der Waals surface area (Å²) in [5, 5.41) is 1.20. The number of carbonyl (C=O) groups excluding carboxylic acids is 1. The number of ether oxygens (including phenoxy) is 1. The van der Waals surface area contributed by atoms with Crippen LogP contribution in [0, 0.1) is 0 Å². The molecule has 1 amide bonds. The Morgan fingerprint density at radius 3 is 2.47 bits per heavy atom. The molecule has 4 nitrogen and oxygen atoms in total. The van der Waals surface area contributed by atoms with Gasteiger partial charge in [-0.25, -0.2) is 4.98 Å². The Bertz CT molecular complexity index is 1020. The SMILES string of the molecule is NC(=O)/C=C/c1nc(CSc2c(Cl)cccc2Cl)ccc1OCCc1ccccc1. The Kier molecular flexibility index (Phi) is 8.20. The molecule has 0 saturated heterocycles. The van der Waals surface area contributed by atoms with Crippen molar-refractivity contribution in [1.29, 1.82) is 0 Å². The Morgan fingerprint density at radius 1 is 1.03 bits per heavy atom. The van der Waals surface area contributed by atoms with Gasteiger partial charge in [-0.05, 0) is 35.9 Å². The lowest BCUT2D eigenvalue weighted by molar-refractivity contribution is -0.113. The van der Waals surface area contributed by atoms with Crippen molar-refractivity contribution in [3.63, 3.8) is 0 Å². The maximum Gasteiger partial charge on any atom is 0.241 e. The summed E-state index contributed by atoms with van der Waals surface area (Å²) < 4.78 is 5.91. The molecule has 1 aromatic heterocycles. The number of aromatic nitrogens is 1. The quantitative estimate of drug-likeness (QED) is 0.325. The number of thioether (sulfide) groups is 1. The molecule has 2 N–H and O–H groups in total. The molecule has 0 aliphatic carbocycles. The van der Waals surface area contributed by atoms with Crippen molar-refractivity contribution in [2.24, 2.45) is 5.73 Å². The standard InChI is InChI=1S/C23H20Cl2N2O2S/c24-18-7-4-8-19(25)23(18)30-15-17-9-11-21(20(27-17)10-12-22(26)28)29-14-13-16-5-2-1-3-6-16/h1-12H,13-15H2,(H2,26,28)/b12-10+. The van der Waals surface area contributed by atoms with Gasteiger partial charge in [0.05, 0.1) is 22.3 Å². The molecule has 2 aromatic carbocycles. The van der Waals surface area contributed by atoms with Gasteiger partial charge < -0.3 is 10.5 Å². The van der Waals surface area contributed by atoms with Crippen LogP contribution in [0.5, 0.6) is 5.75 Å². The predicted octanol–water partition coefficient (Wildman–Crippen LogP) is 5.80. The lowest BCUT2D eigenvalue weighted by Crippen LogP contribution is -2.06. The van der Waals surface area contributed by atoms with Gasteiger partial charge in [0.25, 0.3) is 0 Å². The Hall–Kier alpha value is -2.47. The molecular weight excluding hydrogens is 439 g/mol. The van der Waals surface area contributed by atoms with E-state index in [4.69, 9.17) is 33.7 Å². The number of nitrogens with zero attached hydrogens (tertiary/aromatic N) is 1. The monoisotopic (exact) mass is 458 g/mol.